The second-order valence-electron chi connectivity index (χ2n) is 6.88. The van der Waals surface area contributed by atoms with Crippen molar-refractivity contribution in [1.82, 2.24) is 4.90 Å². The normalized spacial score (nSPS) is 20.1. The summed E-state index contributed by atoms with van der Waals surface area (Å²) in [7, 11) is 0. The average molecular weight is 491 g/mol. The van der Waals surface area contributed by atoms with Crippen LogP contribution in [0.2, 0.25) is 0 Å². The highest BCUT2D eigenvalue weighted by Crippen LogP contribution is 2.30. The van der Waals surface area contributed by atoms with Crippen LogP contribution in [0.1, 0.15) is 12.8 Å². The molecule has 0 aliphatic carbocycles. The maximum atomic E-state index is 13.0. The lowest BCUT2D eigenvalue weighted by Gasteiger charge is -2.37. The number of aliphatic imine (C=N–C) groups is 1. The van der Waals surface area contributed by atoms with Crippen LogP contribution in [-0.2, 0) is 9.53 Å². The van der Waals surface area contributed by atoms with Crippen molar-refractivity contribution in [2.45, 2.75) is 12.8 Å². The molecule has 150 valence electrons. The Morgan fingerprint density at radius 1 is 1.11 bits per heavy atom. The SMILES string of the molecule is I.NC(=O)C1(CN=C(N)N2CCN(c3ccc(F)cc3)CC2)CCOCC1. The molecular formula is C18H27FIN5O2. The maximum absolute atomic E-state index is 13.0. The average Bonchev–Trinajstić information content (AvgIpc) is 2.67. The summed E-state index contributed by atoms with van der Waals surface area (Å²) in [6.45, 7) is 4.34. The highest BCUT2D eigenvalue weighted by molar-refractivity contribution is 14.0. The molecule has 0 radical (unpaired) electrons. The molecule has 1 amide bonds. The Kier molecular flexibility index (Phi) is 7.66. The first kappa shape index (κ1) is 21.7. The third-order valence-electron chi connectivity index (χ3n) is 5.31. The lowest BCUT2D eigenvalue weighted by atomic mass is 9.79. The largest absolute Gasteiger partial charge is 0.381 e. The zero-order valence-corrected chi connectivity index (χ0v) is 17.6. The topological polar surface area (TPSA) is 97.2 Å². The van der Waals surface area contributed by atoms with Gasteiger partial charge in [-0.15, -0.1) is 24.0 Å². The number of carbonyl (C=O) groups is 1. The quantitative estimate of drug-likeness (QED) is 0.375. The van der Waals surface area contributed by atoms with Crippen LogP contribution < -0.4 is 16.4 Å². The van der Waals surface area contributed by atoms with E-state index in [-0.39, 0.29) is 35.7 Å². The molecule has 2 aliphatic heterocycles. The summed E-state index contributed by atoms with van der Waals surface area (Å²) in [5.41, 5.74) is 12.1. The maximum Gasteiger partial charge on any atom is 0.225 e. The standard InChI is InChI=1S/C18H26FN5O2.HI/c19-14-1-3-15(4-2-14)23-7-9-24(10-8-23)17(21)22-13-18(16(20)25)5-11-26-12-6-18;/h1-4H,5-13H2,(H2,20,25)(H2,21,22);1H. The zero-order chi connectivity index (χ0) is 18.6. The van der Waals surface area contributed by atoms with Gasteiger partial charge in [-0.05, 0) is 37.1 Å². The number of rotatable bonds is 4. The molecule has 2 heterocycles. The van der Waals surface area contributed by atoms with E-state index in [4.69, 9.17) is 16.2 Å². The fourth-order valence-corrected chi connectivity index (χ4v) is 3.42. The van der Waals surface area contributed by atoms with E-state index >= 15 is 0 Å². The fraction of sp³-hybridized carbons (Fsp3) is 0.556. The van der Waals surface area contributed by atoms with E-state index < -0.39 is 5.41 Å². The van der Waals surface area contributed by atoms with Crippen molar-refractivity contribution in [2.24, 2.45) is 21.9 Å². The molecule has 27 heavy (non-hydrogen) atoms. The minimum absolute atomic E-state index is 0. The Morgan fingerprint density at radius 2 is 1.70 bits per heavy atom. The van der Waals surface area contributed by atoms with Crippen molar-refractivity contribution in [3.63, 3.8) is 0 Å². The molecule has 0 saturated carbocycles. The molecular weight excluding hydrogens is 464 g/mol. The number of hydrogen-bond donors (Lipinski definition) is 2. The molecule has 3 rings (SSSR count). The van der Waals surface area contributed by atoms with Gasteiger partial charge in [0.15, 0.2) is 5.96 Å². The molecule has 2 saturated heterocycles. The van der Waals surface area contributed by atoms with Gasteiger partial charge in [0.25, 0.3) is 0 Å². The highest BCUT2D eigenvalue weighted by Gasteiger charge is 2.38. The van der Waals surface area contributed by atoms with Gasteiger partial charge in [0, 0.05) is 45.1 Å². The lowest BCUT2D eigenvalue weighted by molar-refractivity contribution is -0.132. The predicted octanol–water partition coefficient (Wildman–Crippen LogP) is 1.16. The molecule has 0 spiro atoms. The highest BCUT2D eigenvalue weighted by atomic mass is 127. The van der Waals surface area contributed by atoms with Gasteiger partial charge in [-0.25, -0.2) is 4.39 Å². The Labute approximate surface area is 175 Å². The Balaban J connectivity index is 0.00000261. The smallest absolute Gasteiger partial charge is 0.225 e. The predicted molar refractivity (Wildman–Crippen MR) is 114 cm³/mol. The second-order valence-corrected chi connectivity index (χ2v) is 6.88. The number of benzene rings is 1. The van der Waals surface area contributed by atoms with Crippen molar-refractivity contribution in [2.75, 3.05) is 50.8 Å². The van der Waals surface area contributed by atoms with Crippen molar-refractivity contribution in [3.8, 4) is 0 Å². The van der Waals surface area contributed by atoms with E-state index in [2.05, 4.69) is 9.89 Å². The summed E-state index contributed by atoms with van der Waals surface area (Å²) in [5.74, 6) is -0.130. The van der Waals surface area contributed by atoms with Gasteiger partial charge in [0.1, 0.15) is 5.82 Å². The third kappa shape index (κ3) is 5.22. The van der Waals surface area contributed by atoms with Crippen molar-refractivity contribution >= 4 is 41.5 Å². The summed E-state index contributed by atoms with van der Waals surface area (Å²) in [6.07, 6.45) is 1.16. The summed E-state index contributed by atoms with van der Waals surface area (Å²) >= 11 is 0. The molecule has 1 aromatic carbocycles. The van der Waals surface area contributed by atoms with Gasteiger partial charge in [0.2, 0.25) is 5.91 Å². The van der Waals surface area contributed by atoms with Crippen molar-refractivity contribution in [1.29, 1.82) is 0 Å². The Morgan fingerprint density at radius 3 is 2.26 bits per heavy atom. The number of nitrogens with two attached hydrogens (primary N) is 2. The summed E-state index contributed by atoms with van der Waals surface area (Å²) in [4.78, 5) is 20.6. The molecule has 0 atom stereocenters. The number of ether oxygens (including phenoxy) is 1. The minimum Gasteiger partial charge on any atom is -0.381 e. The number of halogens is 2. The number of amides is 1. The van der Waals surface area contributed by atoms with E-state index in [0.29, 0.717) is 38.6 Å². The molecule has 0 bridgehead atoms. The molecule has 1 aromatic rings. The van der Waals surface area contributed by atoms with Gasteiger partial charge >= 0.3 is 0 Å². The zero-order valence-electron chi connectivity index (χ0n) is 15.3. The van der Waals surface area contributed by atoms with Gasteiger partial charge in [-0.1, -0.05) is 0 Å². The molecule has 9 heteroatoms. The molecule has 2 aliphatic rings. The first-order chi connectivity index (χ1) is 12.5. The van der Waals surface area contributed by atoms with E-state index in [1.807, 2.05) is 4.90 Å². The number of nitrogens with zero attached hydrogens (tertiary/aromatic N) is 3. The van der Waals surface area contributed by atoms with E-state index in [1.165, 1.54) is 12.1 Å². The summed E-state index contributed by atoms with van der Waals surface area (Å²) in [6, 6.07) is 6.50. The van der Waals surface area contributed by atoms with Gasteiger partial charge < -0.3 is 26.0 Å². The van der Waals surface area contributed by atoms with Crippen LogP contribution in [0, 0.1) is 11.2 Å². The molecule has 7 nitrogen and oxygen atoms in total. The third-order valence-corrected chi connectivity index (χ3v) is 5.31. The Bertz CT molecular complexity index is 656. The number of hydrogen-bond acceptors (Lipinski definition) is 4. The van der Waals surface area contributed by atoms with E-state index in [0.717, 1.165) is 31.9 Å². The van der Waals surface area contributed by atoms with Crippen LogP contribution in [0.3, 0.4) is 0 Å². The number of anilines is 1. The van der Waals surface area contributed by atoms with Crippen LogP contribution in [0.25, 0.3) is 0 Å². The molecule has 4 N–H and O–H groups in total. The number of guanidine groups is 1. The van der Waals surface area contributed by atoms with E-state index in [9.17, 15) is 9.18 Å². The van der Waals surface area contributed by atoms with Gasteiger partial charge in [0.05, 0.1) is 12.0 Å². The van der Waals surface area contributed by atoms with Crippen LogP contribution >= 0.6 is 24.0 Å². The van der Waals surface area contributed by atoms with Crippen molar-refractivity contribution in [3.05, 3.63) is 30.1 Å². The van der Waals surface area contributed by atoms with Gasteiger partial charge in [-0.3, -0.25) is 9.79 Å². The lowest BCUT2D eigenvalue weighted by Crippen LogP contribution is -2.52. The molecule has 2 fully saturated rings. The molecule has 0 aromatic heterocycles. The van der Waals surface area contributed by atoms with Crippen LogP contribution in [0.4, 0.5) is 10.1 Å². The first-order valence-electron chi connectivity index (χ1n) is 8.93. The first-order valence-corrected chi connectivity index (χ1v) is 8.93. The van der Waals surface area contributed by atoms with E-state index in [1.54, 1.807) is 12.1 Å². The summed E-state index contributed by atoms with van der Waals surface area (Å²) < 4.78 is 18.4. The number of piperazine rings is 1. The molecule has 0 unspecified atom stereocenters. The second kappa shape index (κ2) is 9.54. The van der Waals surface area contributed by atoms with Crippen LogP contribution in [-0.4, -0.2) is 62.7 Å². The van der Waals surface area contributed by atoms with Crippen LogP contribution in [0.15, 0.2) is 29.3 Å². The van der Waals surface area contributed by atoms with Crippen molar-refractivity contribution < 1.29 is 13.9 Å². The van der Waals surface area contributed by atoms with Crippen LogP contribution in [0.5, 0.6) is 0 Å². The Hall–Kier alpha value is -1.62. The fourth-order valence-electron chi connectivity index (χ4n) is 3.42. The van der Waals surface area contributed by atoms with Gasteiger partial charge in [-0.2, -0.15) is 0 Å². The number of primary amides is 1. The number of carbonyl (C=O) groups excluding carboxylic acids is 1. The monoisotopic (exact) mass is 491 g/mol. The minimum atomic E-state index is -0.654. The summed E-state index contributed by atoms with van der Waals surface area (Å²) in [5, 5.41) is 0.